The van der Waals surface area contributed by atoms with Crippen molar-refractivity contribution in [2.75, 3.05) is 20.6 Å². The lowest BCUT2D eigenvalue weighted by molar-refractivity contribution is 0.360. The highest BCUT2D eigenvalue weighted by atomic mass is 35.5. The predicted molar refractivity (Wildman–Crippen MR) is 67.6 cm³/mol. The Balaban J connectivity index is 2.85. The summed E-state index contributed by atoms with van der Waals surface area (Å²) in [5.74, 6) is 0.354. The van der Waals surface area contributed by atoms with Gasteiger partial charge in [-0.25, -0.2) is 0 Å². The largest absolute Gasteiger partial charge is 0.322 e. The average Bonchev–Trinajstić information content (AvgIpc) is 2.55. The third-order valence-electron chi connectivity index (χ3n) is 2.63. The number of hydrogen-bond donors (Lipinski definition) is 1. The van der Waals surface area contributed by atoms with Crippen molar-refractivity contribution in [1.29, 1.82) is 0 Å². The molecule has 0 fully saturated rings. The highest BCUT2D eigenvalue weighted by Crippen LogP contribution is 2.25. The molecule has 0 saturated carbocycles. The summed E-state index contributed by atoms with van der Waals surface area (Å²) in [6.45, 7) is 5.92. The van der Waals surface area contributed by atoms with E-state index in [-0.39, 0.29) is 6.04 Å². The molecule has 0 aromatic carbocycles. The van der Waals surface area contributed by atoms with Gasteiger partial charge < -0.3 is 10.6 Å². The third kappa shape index (κ3) is 3.20. The lowest BCUT2D eigenvalue weighted by atomic mass is 10.0. The molecule has 0 saturated heterocycles. The number of rotatable bonds is 5. The van der Waals surface area contributed by atoms with E-state index < -0.39 is 0 Å². The summed E-state index contributed by atoms with van der Waals surface area (Å²) in [6, 6.07) is -0.0582. The van der Waals surface area contributed by atoms with Gasteiger partial charge in [-0.05, 0) is 20.0 Å². The lowest BCUT2D eigenvalue weighted by Gasteiger charge is -2.19. The molecule has 5 heteroatoms. The van der Waals surface area contributed by atoms with Gasteiger partial charge in [-0.15, -0.1) is 0 Å². The molecule has 0 aliphatic rings. The molecule has 1 heterocycles. The molecule has 1 rings (SSSR count). The molecule has 0 radical (unpaired) electrons. The first-order valence-corrected chi connectivity index (χ1v) is 5.92. The zero-order valence-corrected chi connectivity index (χ0v) is 11.2. The van der Waals surface area contributed by atoms with Gasteiger partial charge in [0.1, 0.15) is 0 Å². The van der Waals surface area contributed by atoms with E-state index in [0.29, 0.717) is 10.9 Å². The maximum atomic E-state index is 6.13. The molecular weight excluding hydrogens is 224 g/mol. The smallest absolute Gasteiger partial charge is 0.0834 e. The molecule has 1 unspecified atom stereocenters. The maximum Gasteiger partial charge on any atom is 0.0834 e. The Labute approximate surface area is 102 Å². The SMILES string of the molecule is CC(C)C(N)c1c(Cl)cnn1CCN(C)C. The van der Waals surface area contributed by atoms with Crippen LogP contribution in [0.2, 0.25) is 5.02 Å². The summed E-state index contributed by atoms with van der Waals surface area (Å²) in [5.41, 5.74) is 7.07. The van der Waals surface area contributed by atoms with Crippen LogP contribution in [-0.4, -0.2) is 35.3 Å². The Bertz CT molecular complexity index is 333. The summed E-state index contributed by atoms with van der Waals surface area (Å²) >= 11 is 6.12. The lowest BCUT2D eigenvalue weighted by Crippen LogP contribution is -2.25. The molecule has 0 aliphatic heterocycles. The van der Waals surface area contributed by atoms with E-state index in [2.05, 4.69) is 23.8 Å². The summed E-state index contributed by atoms with van der Waals surface area (Å²) < 4.78 is 1.91. The number of nitrogens with two attached hydrogens (primary N) is 1. The maximum absolute atomic E-state index is 6.13. The van der Waals surface area contributed by atoms with Crippen LogP contribution in [0, 0.1) is 5.92 Å². The van der Waals surface area contributed by atoms with Crippen LogP contribution >= 0.6 is 11.6 Å². The first-order chi connectivity index (χ1) is 7.43. The van der Waals surface area contributed by atoms with Crippen molar-refractivity contribution < 1.29 is 0 Å². The predicted octanol–water partition coefficient (Wildman–Crippen LogP) is 1.75. The standard InChI is InChI=1S/C11H21ClN4/c1-8(2)10(13)11-9(12)7-14-16(11)6-5-15(3)4/h7-8,10H,5-6,13H2,1-4H3. The van der Waals surface area contributed by atoms with Crippen molar-refractivity contribution >= 4 is 11.6 Å². The van der Waals surface area contributed by atoms with E-state index in [4.69, 9.17) is 17.3 Å². The quantitative estimate of drug-likeness (QED) is 0.859. The first kappa shape index (κ1) is 13.5. The van der Waals surface area contributed by atoms with Crippen LogP contribution in [-0.2, 0) is 6.54 Å². The molecule has 1 aromatic rings. The minimum atomic E-state index is -0.0582. The van der Waals surface area contributed by atoms with Gasteiger partial charge in [0, 0.05) is 6.54 Å². The summed E-state index contributed by atoms with van der Waals surface area (Å²) in [4.78, 5) is 2.11. The summed E-state index contributed by atoms with van der Waals surface area (Å²) in [7, 11) is 4.07. The molecule has 0 bridgehead atoms. The van der Waals surface area contributed by atoms with Crippen LogP contribution < -0.4 is 5.73 Å². The zero-order valence-electron chi connectivity index (χ0n) is 10.4. The Kier molecular flexibility index (Phi) is 4.77. The number of hydrogen-bond acceptors (Lipinski definition) is 3. The molecule has 0 spiro atoms. The van der Waals surface area contributed by atoms with E-state index in [1.807, 2.05) is 18.8 Å². The van der Waals surface area contributed by atoms with Crippen molar-refractivity contribution in [3.8, 4) is 0 Å². The van der Waals surface area contributed by atoms with Gasteiger partial charge in [0.2, 0.25) is 0 Å². The van der Waals surface area contributed by atoms with E-state index >= 15 is 0 Å². The van der Waals surface area contributed by atoms with E-state index in [9.17, 15) is 0 Å². The average molecular weight is 245 g/mol. The van der Waals surface area contributed by atoms with Gasteiger partial charge in [-0.2, -0.15) is 5.10 Å². The van der Waals surface area contributed by atoms with Crippen molar-refractivity contribution in [3.05, 3.63) is 16.9 Å². The van der Waals surface area contributed by atoms with Gasteiger partial charge >= 0.3 is 0 Å². The van der Waals surface area contributed by atoms with Crippen LogP contribution in [0.25, 0.3) is 0 Å². The molecule has 1 atom stereocenters. The monoisotopic (exact) mass is 244 g/mol. The molecule has 92 valence electrons. The van der Waals surface area contributed by atoms with Crippen LogP contribution in [0.3, 0.4) is 0 Å². The second-order valence-electron chi connectivity index (χ2n) is 4.67. The van der Waals surface area contributed by atoms with Crippen LogP contribution in [0.1, 0.15) is 25.6 Å². The van der Waals surface area contributed by atoms with Crippen molar-refractivity contribution in [1.82, 2.24) is 14.7 Å². The third-order valence-corrected chi connectivity index (χ3v) is 2.92. The van der Waals surface area contributed by atoms with Gasteiger partial charge in [0.25, 0.3) is 0 Å². The molecule has 2 N–H and O–H groups in total. The zero-order chi connectivity index (χ0) is 12.3. The highest BCUT2D eigenvalue weighted by Gasteiger charge is 2.19. The minimum Gasteiger partial charge on any atom is -0.322 e. The van der Waals surface area contributed by atoms with E-state index in [1.165, 1.54) is 0 Å². The van der Waals surface area contributed by atoms with Gasteiger partial charge in [0.15, 0.2) is 0 Å². The number of nitrogens with zero attached hydrogens (tertiary/aromatic N) is 3. The number of likely N-dealkylation sites (N-methyl/N-ethyl adjacent to an activating group) is 1. The van der Waals surface area contributed by atoms with Gasteiger partial charge in [0.05, 0.1) is 29.5 Å². The van der Waals surface area contributed by atoms with E-state index in [1.54, 1.807) is 6.20 Å². The summed E-state index contributed by atoms with van der Waals surface area (Å²) in [6.07, 6.45) is 1.68. The normalized spacial score (nSPS) is 13.8. The Morgan fingerprint density at radius 1 is 1.50 bits per heavy atom. The van der Waals surface area contributed by atoms with Gasteiger partial charge in [-0.3, -0.25) is 4.68 Å². The molecule has 16 heavy (non-hydrogen) atoms. The minimum absolute atomic E-state index is 0.0582. The van der Waals surface area contributed by atoms with E-state index in [0.717, 1.165) is 18.8 Å². The fourth-order valence-corrected chi connectivity index (χ4v) is 1.76. The topological polar surface area (TPSA) is 47.1 Å². The van der Waals surface area contributed by atoms with Crippen molar-refractivity contribution in [3.63, 3.8) is 0 Å². The van der Waals surface area contributed by atoms with Gasteiger partial charge in [-0.1, -0.05) is 25.4 Å². The second kappa shape index (κ2) is 5.66. The van der Waals surface area contributed by atoms with Crippen LogP contribution in [0.15, 0.2) is 6.20 Å². The second-order valence-corrected chi connectivity index (χ2v) is 5.08. The van der Waals surface area contributed by atoms with Crippen LogP contribution in [0.5, 0.6) is 0 Å². The fourth-order valence-electron chi connectivity index (χ4n) is 1.49. The van der Waals surface area contributed by atoms with Crippen molar-refractivity contribution in [2.24, 2.45) is 11.7 Å². The fraction of sp³-hybridized carbons (Fsp3) is 0.727. The van der Waals surface area contributed by atoms with Crippen LogP contribution in [0.4, 0.5) is 0 Å². The number of halogens is 1. The first-order valence-electron chi connectivity index (χ1n) is 5.55. The molecule has 0 amide bonds. The van der Waals surface area contributed by atoms with Crippen molar-refractivity contribution in [2.45, 2.75) is 26.4 Å². The molecular formula is C11H21ClN4. The molecule has 4 nitrogen and oxygen atoms in total. The molecule has 0 aliphatic carbocycles. The molecule has 1 aromatic heterocycles. The summed E-state index contributed by atoms with van der Waals surface area (Å²) in [5, 5.41) is 4.94. The Morgan fingerprint density at radius 2 is 2.12 bits per heavy atom. The Hall–Kier alpha value is -0.580. The highest BCUT2D eigenvalue weighted by molar-refractivity contribution is 6.31. The Morgan fingerprint density at radius 3 is 2.62 bits per heavy atom. The number of aromatic nitrogens is 2.